The smallest absolute Gasteiger partial charge is 0.326 e. The van der Waals surface area contributed by atoms with Crippen LogP contribution < -0.4 is 15.4 Å². The summed E-state index contributed by atoms with van der Waals surface area (Å²) in [6.07, 6.45) is -1.23. The van der Waals surface area contributed by atoms with Gasteiger partial charge in [0.15, 0.2) is 6.10 Å². The molecule has 0 aromatic heterocycles. The first-order valence-electron chi connectivity index (χ1n) is 9.07. The van der Waals surface area contributed by atoms with E-state index in [9.17, 15) is 24.5 Å². The number of hydrogen-bond donors (Lipinski definition) is 2. The number of hydrogen-bond acceptors (Lipinski definition) is 7. The largest absolute Gasteiger partial charge is 0.493 e. The Morgan fingerprint density at radius 3 is 2.47 bits per heavy atom. The van der Waals surface area contributed by atoms with Crippen LogP contribution in [0.15, 0.2) is 48.5 Å². The van der Waals surface area contributed by atoms with E-state index < -0.39 is 35.4 Å². The van der Waals surface area contributed by atoms with E-state index in [1.165, 1.54) is 31.2 Å². The van der Waals surface area contributed by atoms with Gasteiger partial charge in [0.1, 0.15) is 18.0 Å². The summed E-state index contributed by atoms with van der Waals surface area (Å²) in [5.74, 6) is -1.75. The van der Waals surface area contributed by atoms with Gasteiger partial charge in [0, 0.05) is 6.07 Å². The fraction of sp³-hybridized carbons (Fsp3) is 0.250. The number of carbonyl (C=O) groups is 3. The molecule has 10 nitrogen and oxygen atoms in total. The molecule has 10 heteroatoms. The summed E-state index contributed by atoms with van der Waals surface area (Å²) in [6, 6.07) is 12.1. The van der Waals surface area contributed by atoms with Gasteiger partial charge in [-0.2, -0.15) is 0 Å². The fourth-order valence-corrected chi connectivity index (χ4v) is 2.45. The first-order valence-corrected chi connectivity index (χ1v) is 9.07. The summed E-state index contributed by atoms with van der Waals surface area (Å²) < 4.78 is 10.3. The minimum absolute atomic E-state index is 0.0174. The van der Waals surface area contributed by atoms with Gasteiger partial charge < -0.3 is 20.1 Å². The number of anilines is 1. The molecule has 0 saturated heterocycles. The zero-order chi connectivity index (χ0) is 22.1. The van der Waals surface area contributed by atoms with Crippen LogP contribution in [0.3, 0.4) is 0 Å². The van der Waals surface area contributed by atoms with Crippen molar-refractivity contribution in [3.8, 4) is 5.75 Å². The van der Waals surface area contributed by atoms with Crippen LogP contribution in [-0.4, -0.2) is 42.0 Å². The van der Waals surface area contributed by atoms with Gasteiger partial charge in [-0.1, -0.05) is 24.3 Å². The second kappa shape index (κ2) is 10.6. The van der Waals surface area contributed by atoms with Crippen molar-refractivity contribution in [1.29, 1.82) is 0 Å². The Kier molecular flexibility index (Phi) is 7.86. The normalized spacial score (nSPS) is 11.1. The molecule has 1 atom stereocenters. The Labute approximate surface area is 172 Å². The Hall–Kier alpha value is -3.95. The molecular weight excluding hydrogens is 394 g/mol. The fourth-order valence-electron chi connectivity index (χ4n) is 2.45. The third-order valence-electron chi connectivity index (χ3n) is 3.86. The van der Waals surface area contributed by atoms with Crippen molar-refractivity contribution in [2.24, 2.45) is 0 Å². The molecule has 2 aromatic rings. The lowest BCUT2D eigenvalue weighted by Gasteiger charge is -2.14. The molecule has 0 aliphatic carbocycles. The van der Waals surface area contributed by atoms with E-state index in [4.69, 9.17) is 9.47 Å². The maximum atomic E-state index is 12.3. The van der Waals surface area contributed by atoms with Gasteiger partial charge in [-0.05, 0) is 32.0 Å². The van der Waals surface area contributed by atoms with Gasteiger partial charge in [0.05, 0.1) is 17.1 Å². The second-order valence-electron chi connectivity index (χ2n) is 6.01. The van der Waals surface area contributed by atoms with Gasteiger partial charge in [-0.3, -0.25) is 24.5 Å². The number of nitro groups is 1. The molecule has 0 radical (unpaired) electrons. The number of amides is 2. The Morgan fingerprint density at radius 1 is 1.10 bits per heavy atom. The highest BCUT2D eigenvalue weighted by atomic mass is 16.6. The minimum atomic E-state index is -1.23. The molecule has 2 amide bonds. The lowest BCUT2D eigenvalue weighted by Crippen LogP contribution is -2.36. The van der Waals surface area contributed by atoms with Gasteiger partial charge >= 0.3 is 5.97 Å². The van der Waals surface area contributed by atoms with Gasteiger partial charge in [-0.15, -0.1) is 0 Å². The Morgan fingerprint density at radius 2 is 1.77 bits per heavy atom. The van der Waals surface area contributed by atoms with E-state index in [0.29, 0.717) is 12.4 Å². The molecule has 0 heterocycles. The molecule has 2 aromatic carbocycles. The number of nitro benzene ring substituents is 1. The van der Waals surface area contributed by atoms with Gasteiger partial charge in [-0.25, -0.2) is 0 Å². The summed E-state index contributed by atoms with van der Waals surface area (Å²) in [7, 11) is 0. The predicted octanol–water partition coefficient (Wildman–Crippen LogP) is 2.29. The summed E-state index contributed by atoms with van der Waals surface area (Å²) in [5, 5.41) is 15.8. The summed E-state index contributed by atoms with van der Waals surface area (Å²) >= 11 is 0. The van der Waals surface area contributed by atoms with E-state index in [2.05, 4.69) is 10.6 Å². The van der Waals surface area contributed by atoms with Crippen LogP contribution in [0.25, 0.3) is 0 Å². The molecule has 30 heavy (non-hydrogen) atoms. The highest BCUT2D eigenvalue weighted by molar-refractivity contribution is 5.99. The molecule has 0 saturated carbocycles. The molecule has 0 aliphatic heterocycles. The van der Waals surface area contributed by atoms with E-state index in [0.717, 1.165) is 0 Å². The quantitative estimate of drug-likeness (QED) is 0.364. The number of ether oxygens (including phenoxy) is 2. The monoisotopic (exact) mass is 415 g/mol. The van der Waals surface area contributed by atoms with Crippen molar-refractivity contribution in [2.75, 3.05) is 18.5 Å². The number of carbonyl (C=O) groups excluding carboxylic acids is 3. The zero-order valence-corrected chi connectivity index (χ0v) is 16.4. The minimum Gasteiger partial charge on any atom is -0.493 e. The first kappa shape index (κ1) is 22.3. The topological polar surface area (TPSA) is 137 Å². The van der Waals surface area contributed by atoms with Crippen molar-refractivity contribution in [1.82, 2.24) is 5.32 Å². The van der Waals surface area contributed by atoms with Crippen LogP contribution in [0.2, 0.25) is 0 Å². The number of rotatable bonds is 9. The van der Waals surface area contributed by atoms with Crippen molar-refractivity contribution in [2.45, 2.75) is 20.0 Å². The number of nitrogens with one attached hydrogen (secondary N) is 2. The van der Waals surface area contributed by atoms with Crippen LogP contribution in [-0.2, 0) is 14.3 Å². The third-order valence-corrected chi connectivity index (χ3v) is 3.86. The Bertz CT molecular complexity index is 946. The predicted molar refractivity (Wildman–Crippen MR) is 107 cm³/mol. The molecule has 0 aliphatic rings. The van der Waals surface area contributed by atoms with Crippen LogP contribution in [0, 0.1) is 10.1 Å². The van der Waals surface area contributed by atoms with Gasteiger partial charge in [0.25, 0.3) is 17.5 Å². The standard InChI is InChI=1S/C20H21N3O7/c1-3-29-17-11-7-4-8-14(17)20(26)21-12-18(24)30-13(2)19(25)22-15-9-5-6-10-16(15)23(27)28/h4-11,13H,3,12H2,1-2H3,(H,21,26)(H,22,25)/t13-/m0/s1. The number of esters is 1. The van der Waals surface area contributed by atoms with Crippen LogP contribution in [0.5, 0.6) is 5.75 Å². The molecule has 0 fully saturated rings. The van der Waals surface area contributed by atoms with E-state index >= 15 is 0 Å². The number of benzene rings is 2. The van der Waals surface area contributed by atoms with Crippen molar-refractivity contribution >= 4 is 29.2 Å². The van der Waals surface area contributed by atoms with Crippen LogP contribution in [0.4, 0.5) is 11.4 Å². The molecule has 158 valence electrons. The zero-order valence-electron chi connectivity index (χ0n) is 16.4. The molecule has 0 unspecified atom stereocenters. The van der Waals surface area contributed by atoms with E-state index in [1.807, 2.05) is 0 Å². The molecule has 2 rings (SSSR count). The van der Waals surface area contributed by atoms with Crippen LogP contribution in [0.1, 0.15) is 24.2 Å². The SMILES string of the molecule is CCOc1ccccc1C(=O)NCC(=O)O[C@@H](C)C(=O)Nc1ccccc1[N+](=O)[O-]. The van der Waals surface area contributed by atoms with E-state index in [-0.39, 0.29) is 16.9 Å². The average Bonchev–Trinajstić information content (AvgIpc) is 2.72. The summed E-state index contributed by atoms with van der Waals surface area (Å²) in [6.45, 7) is 3.00. The molecule has 0 spiro atoms. The van der Waals surface area contributed by atoms with Crippen molar-refractivity contribution in [3.05, 3.63) is 64.2 Å². The van der Waals surface area contributed by atoms with Crippen molar-refractivity contribution < 1.29 is 28.8 Å². The molecule has 0 bridgehead atoms. The third kappa shape index (κ3) is 6.03. The van der Waals surface area contributed by atoms with Gasteiger partial charge in [0.2, 0.25) is 0 Å². The van der Waals surface area contributed by atoms with E-state index in [1.54, 1.807) is 31.2 Å². The summed E-state index contributed by atoms with van der Waals surface area (Å²) in [5.41, 5.74) is -0.0461. The number of nitrogens with zero attached hydrogens (tertiary/aromatic N) is 1. The van der Waals surface area contributed by atoms with Crippen LogP contribution >= 0.6 is 0 Å². The lowest BCUT2D eigenvalue weighted by atomic mass is 10.2. The summed E-state index contributed by atoms with van der Waals surface area (Å²) in [4.78, 5) is 46.8. The maximum absolute atomic E-state index is 12.3. The molecular formula is C20H21N3O7. The lowest BCUT2D eigenvalue weighted by molar-refractivity contribution is -0.383. The highest BCUT2D eigenvalue weighted by Crippen LogP contribution is 2.23. The first-order chi connectivity index (χ1) is 14.3. The molecule has 2 N–H and O–H groups in total. The van der Waals surface area contributed by atoms with Crippen molar-refractivity contribution in [3.63, 3.8) is 0 Å². The number of para-hydroxylation sites is 3. The Balaban J connectivity index is 1.90. The second-order valence-corrected chi connectivity index (χ2v) is 6.01. The highest BCUT2D eigenvalue weighted by Gasteiger charge is 2.22. The maximum Gasteiger partial charge on any atom is 0.326 e. The average molecular weight is 415 g/mol.